The summed E-state index contributed by atoms with van der Waals surface area (Å²) in [7, 11) is 0. The Morgan fingerprint density at radius 3 is 1.53 bits per heavy atom. The number of aromatic nitrogens is 2. The summed E-state index contributed by atoms with van der Waals surface area (Å²) in [6.45, 7) is 0. The molecule has 2 heteroatoms. The van der Waals surface area contributed by atoms with Crippen LogP contribution in [0.25, 0.3) is 104 Å². The van der Waals surface area contributed by atoms with Crippen LogP contribution < -0.4 is 0 Å². The van der Waals surface area contributed by atoms with Gasteiger partial charge in [-0.25, -0.2) is 0 Å². The molecule has 0 aliphatic carbocycles. The Bertz CT molecular complexity index is 3160. The fourth-order valence-corrected chi connectivity index (χ4v) is 8.71. The zero-order valence-electron chi connectivity index (χ0n) is 30.0. The van der Waals surface area contributed by atoms with Crippen molar-refractivity contribution in [1.29, 1.82) is 0 Å². The molecule has 0 aliphatic heterocycles. The second-order valence-electron chi connectivity index (χ2n) is 14.3. The molecule has 0 aliphatic rings. The number of hydrogen-bond donors (Lipinski definition) is 0. The minimum Gasteiger partial charge on any atom is -0.309 e. The van der Waals surface area contributed by atoms with Crippen LogP contribution in [0.2, 0.25) is 0 Å². The smallest absolute Gasteiger partial charge is 0.0714 e. The highest BCUT2D eigenvalue weighted by atomic mass is 15.0. The molecule has 0 saturated carbocycles. The summed E-state index contributed by atoms with van der Waals surface area (Å²) in [5.74, 6) is 0. The first kappa shape index (κ1) is 31.3. The predicted octanol–water partition coefficient (Wildman–Crippen LogP) is 14.3. The van der Waals surface area contributed by atoms with Crippen LogP contribution in [0.1, 0.15) is 0 Å². The van der Waals surface area contributed by atoms with Crippen LogP contribution in [0.3, 0.4) is 0 Å². The number of pyridine rings is 1. The monoisotopic (exact) mass is 698 g/mol. The average Bonchev–Trinajstić information content (AvgIpc) is 3.60. The van der Waals surface area contributed by atoms with E-state index in [4.69, 9.17) is 4.98 Å². The van der Waals surface area contributed by atoms with Crippen molar-refractivity contribution in [3.63, 3.8) is 0 Å². The van der Waals surface area contributed by atoms with Crippen molar-refractivity contribution in [2.75, 3.05) is 0 Å². The zero-order valence-corrected chi connectivity index (χ0v) is 30.0. The van der Waals surface area contributed by atoms with Crippen LogP contribution in [0, 0.1) is 0 Å². The van der Waals surface area contributed by atoms with Gasteiger partial charge in [0.05, 0.1) is 16.7 Å². The van der Waals surface area contributed by atoms with E-state index < -0.39 is 0 Å². The second-order valence-corrected chi connectivity index (χ2v) is 14.3. The van der Waals surface area contributed by atoms with E-state index in [1.54, 1.807) is 0 Å². The number of nitrogens with zero attached hydrogens (tertiary/aromatic N) is 2. The van der Waals surface area contributed by atoms with Crippen LogP contribution in [0.4, 0.5) is 0 Å². The SMILES string of the molecule is c1ccc(-c2ccc(-c3c4ccccc4c(-c4ccc(-c5ccc6c(c5)c5c7ccccc7ccc5n6-c5ccccc5)cn4)c4ccccc34)cc2)cc1. The highest BCUT2D eigenvalue weighted by Crippen LogP contribution is 2.44. The summed E-state index contributed by atoms with van der Waals surface area (Å²) < 4.78 is 2.39. The van der Waals surface area contributed by atoms with Crippen molar-refractivity contribution >= 4 is 54.1 Å². The van der Waals surface area contributed by atoms with Crippen LogP contribution in [-0.4, -0.2) is 9.55 Å². The number of para-hydroxylation sites is 1. The summed E-state index contributed by atoms with van der Waals surface area (Å²) in [6, 6.07) is 72.3. The zero-order chi connectivity index (χ0) is 36.3. The van der Waals surface area contributed by atoms with E-state index in [1.165, 1.54) is 76.4 Å². The molecule has 55 heavy (non-hydrogen) atoms. The highest BCUT2D eigenvalue weighted by Gasteiger charge is 2.19. The highest BCUT2D eigenvalue weighted by molar-refractivity contribution is 6.23. The van der Waals surface area contributed by atoms with Gasteiger partial charge in [-0.05, 0) is 96.5 Å². The number of hydrogen-bond acceptors (Lipinski definition) is 1. The fraction of sp³-hybridized carbons (Fsp3) is 0. The second kappa shape index (κ2) is 12.7. The minimum absolute atomic E-state index is 0.967. The Labute approximate surface area is 319 Å². The Kier molecular flexibility index (Phi) is 7.21. The van der Waals surface area contributed by atoms with E-state index >= 15 is 0 Å². The first-order valence-electron chi connectivity index (χ1n) is 18.9. The summed E-state index contributed by atoms with van der Waals surface area (Å²) in [5, 5.41) is 9.87. The molecule has 9 aromatic carbocycles. The van der Waals surface area contributed by atoms with Crippen molar-refractivity contribution in [2.24, 2.45) is 0 Å². The Hall–Kier alpha value is -7.29. The molecule has 0 N–H and O–H groups in total. The van der Waals surface area contributed by atoms with Gasteiger partial charge in [-0.15, -0.1) is 0 Å². The van der Waals surface area contributed by atoms with Gasteiger partial charge in [0.1, 0.15) is 0 Å². The molecule has 2 nitrogen and oxygen atoms in total. The quantitative estimate of drug-likeness (QED) is 0.164. The minimum atomic E-state index is 0.967. The first-order chi connectivity index (χ1) is 27.3. The van der Waals surface area contributed by atoms with Gasteiger partial charge in [-0.2, -0.15) is 0 Å². The van der Waals surface area contributed by atoms with Gasteiger partial charge in [-0.3, -0.25) is 4.98 Å². The number of rotatable bonds is 5. The van der Waals surface area contributed by atoms with Crippen molar-refractivity contribution in [1.82, 2.24) is 9.55 Å². The molecule has 256 valence electrons. The predicted molar refractivity (Wildman–Crippen MR) is 233 cm³/mol. The molecule has 2 aromatic heterocycles. The lowest BCUT2D eigenvalue weighted by Crippen LogP contribution is -1.93. The number of benzene rings is 9. The molecule has 0 radical (unpaired) electrons. The molecule has 0 unspecified atom stereocenters. The van der Waals surface area contributed by atoms with E-state index in [9.17, 15) is 0 Å². The van der Waals surface area contributed by atoms with Gasteiger partial charge in [0, 0.05) is 33.8 Å². The van der Waals surface area contributed by atoms with E-state index in [2.05, 4.69) is 205 Å². The van der Waals surface area contributed by atoms with Crippen LogP contribution in [0.5, 0.6) is 0 Å². The van der Waals surface area contributed by atoms with Crippen LogP contribution in [-0.2, 0) is 0 Å². The molecular formula is C53H34N2. The van der Waals surface area contributed by atoms with E-state index in [-0.39, 0.29) is 0 Å². The van der Waals surface area contributed by atoms with E-state index in [0.29, 0.717) is 0 Å². The Morgan fingerprint density at radius 1 is 0.327 bits per heavy atom. The fourth-order valence-electron chi connectivity index (χ4n) is 8.71. The van der Waals surface area contributed by atoms with Crippen molar-refractivity contribution in [3.8, 4) is 50.3 Å². The van der Waals surface area contributed by atoms with Gasteiger partial charge in [0.2, 0.25) is 0 Å². The van der Waals surface area contributed by atoms with Gasteiger partial charge in [0.25, 0.3) is 0 Å². The van der Waals surface area contributed by atoms with Crippen LogP contribution in [0.15, 0.2) is 206 Å². The lowest BCUT2D eigenvalue weighted by atomic mass is 9.87. The molecule has 0 atom stereocenters. The van der Waals surface area contributed by atoms with E-state index in [1.807, 2.05) is 6.20 Å². The molecule has 2 heterocycles. The molecule has 0 spiro atoms. The number of fused-ring (bicyclic) bond motifs is 7. The van der Waals surface area contributed by atoms with Gasteiger partial charge >= 0.3 is 0 Å². The molecular weight excluding hydrogens is 665 g/mol. The normalized spacial score (nSPS) is 11.6. The third kappa shape index (κ3) is 5.07. The average molecular weight is 699 g/mol. The third-order valence-electron chi connectivity index (χ3n) is 11.2. The lowest BCUT2D eigenvalue weighted by molar-refractivity contribution is 1.18. The Morgan fingerprint density at radius 2 is 0.855 bits per heavy atom. The topological polar surface area (TPSA) is 17.8 Å². The van der Waals surface area contributed by atoms with Gasteiger partial charge in [-0.1, -0.05) is 164 Å². The molecule has 0 bridgehead atoms. The van der Waals surface area contributed by atoms with Crippen molar-refractivity contribution < 1.29 is 0 Å². The summed E-state index contributed by atoms with van der Waals surface area (Å²) in [5.41, 5.74) is 12.8. The molecule has 0 amide bonds. The Balaban J connectivity index is 1.05. The van der Waals surface area contributed by atoms with E-state index in [0.717, 1.165) is 28.1 Å². The largest absolute Gasteiger partial charge is 0.309 e. The third-order valence-corrected chi connectivity index (χ3v) is 11.2. The van der Waals surface area contributed by atoms with Gasteiger partial charge in [0.15, 0.2) is 0 Å². The lowest BCUT2D eigenvalue weighted by Gasteiger charge is -2.17. The summed E-state index contributed by atoms with van der Waals surface area (Å²) in [6.07, 6.45) is 2.05. The maximum absolute atomic E-state index is 5.21. The van der Waals surface area contributed by atoms with Gasteiger partial charge < -0.3 is 4.57 Å². The van der Waals surface area contributed by atoms with Crippen LogP contribution >= 0.6 is 0 Å². The standard InChI is InChI=1S/C53H34N2/c1-3-13-35(14-4-1)36-23-25-38(26-24-36)51-43-19-9-11-21-45(43)52(46-22-12-10-20-44(46)51)48-30-27-40(34-54-48)39-29-31-49-47(33-39)53-42-18-8-7-15-37(42)28-32-50(53)55(49)41-16-5-2-6-17-41/h1-34H. The first-order valence-corrected chi connectivity index (χ1v) is 18.9. The maximum atomic E-state index is 5.21. The molecule has 11 rings (SSSR count). The summed E-state index contributed by atoms with van der Waals surface area (Å²) in [4.78, 5) is 5.21. The summed E-state index contributed by atoms with van der Waals surface area (Å²) >= 11 is 0. The molecule has 0 fully saturated rings. The van der Waals surface area contributed by atoms with Crippen molar-refractivity contribution in [3.05, 3.63) is 206 Å². The van der Waals surface area contributed by atoms with Crippen molar-refractivity contribution in [2.45, 2.75) is 0 Å². The molecule has 0 saturated heterocycles. The maximum Gasteiger partial charge on any atom is 0.0714 e. The molecule has 11 aromatic rings.